The Hall–Kier alpha value is -2.58. The number of alkyl halides is 3. The number of aromatic nitrogens is 1. The van der Waals surface area contributed by atoms with Crippen LogP contribution in [0, 0.1) is 12.7 Å². The molecule has 3 aromatic rings. The number of phenols is 1. The molecule has 3 unspecified atom stereocenters. The number of nitrogens with one attached hydrogen (secondary N) is 1. The minimum atomic E-state index is -5.01. The highest BCUT2D eigenvalue weighted by atomic mass is 35.5. The summed E-state index contributed by atoms with van der Waals surface area (Å²) in [6, 6.07) is 7.70. The largest absolute Gasteiger partial charge is 0.505 e. The third-order valence-corrected chi connectivity index (χ3v) is 6.45. The lowest BCUT2D eigenvalue weighted by atomic mass is 9.69. The van der Waals surface area contributed by atoms with Crippen LogP contribution in [0.3, 0.4) is 0 Å². The van der Waals surface area contributed by atoms with Crippen molar-refractivity contribution in [1.82, 2.24) is 4.98 Å². The van der Waals surface area contributed by atoms with Crippen molar-refractivity contribution >= 4 is 28.2 Å². The summed E-state index contributed by atoms with van der Waals surface area (Å²) >= 11 is 5.89. The van der Waals surface area contributed by atoms with E-state index in [4.69, 9.17) is 11.6 Å². The van der Waals surface area contributed by atoms with Gasteiger partial charge >= 0.3 is 6.18 Å². The fourth-order valence-electron chi connectivity index (χ4n) is 4.53. The van der Waals surface area contributed by atoms with E-state index in [0.29, 0.717) is 16.6 Å². The first-order chi connectivity index (χ1) is 15.0. The second-order valence-corrected chi connectivity index (χ2v) is 8.56. The molecule has 0 fully saturated rings. The van der Waals surface area contributed by atoms with Crippen molar-refractivity contribution in [2.75, 3.05) is 5.32 Å². The molecular formula is C23H21ClF4N2O2. The van der Waals surface area contributed by atoms with Crippen LogP contribution in [0.5, 0.6) is 5.75 Å². The van der Waals surface area contributed by atoms with Crippen LogP contribution in [-0.2, 0) is 0 Å². The maximum absolute atomic E-state index is 14.4. The van der Waals surface area contributed by atoms with Crippen LogP contribution in [0.4, 0.5) is 23.2 Å². The Morgan fingerprint density at radius 2 is 1.97 bits per heavy atom. The van der Waals surface area contributed by atoms with E-state index >= 15 is 0 Å². The first kappa shape index (κ1) is 22.6. The van der Waals surface area contributed by atoms with Gasteiger partial charge in [-0.2, -0.15) is 13.2 Å². The number of rotatable bonds is 3. The standard InChI is InChI=1S/C23H21ClF4N2O2/c1-3-12-10-22(32,23(26,27)28)21(14-9-15(24)19(25)20(31)18(12)14)30-17-6-4-5-16-13(17)8-7-11(2)29-16/h4-9,12,21,30-32H,3,10H2,1-2H3. The normalized spacial score (nSPS) is 23.2. The maximum atomic E-state index is 14.4. The summed E-state index contributed by atoms with van der Waals surface area (Å²) in [6.45, 7) is 3.41. The SMILES string of the molecule is CCC1CC(O)(C(F)(F)F)C(Nc2cccc3nc(C)ccc23)c2cc(Cl)c(F)c(O)c21. The summed E-state index contributed by atoms with van der Waals surface area (Å²) in [5.74, 6) is -2.80. The van der Waals surface area contributed by atoms with Gasteiger partial charge in [-0.05, 0) is 61.6 Å². The predicted octanol–water partition coefficient (Wildman–Crippen LogP) is 6.39. The monoisotopic (exact) mass is 468 g/mol. The van der Waals surface area contributed by atoms with Crippen molar-refractivity contribution in [3.05, 3.63) is 64.1 Å². The minimum absolute atomic E-state index is 0.0232. The zero-order chi connectivity index (χ0) is 23.4. The van der Waals surface area contributed by atoms with Crippen LogP contribution in [0.2, 0.25) is 5.02 Å². The van der Waals surface area contributed by atoms with E-state index in [1.165, 1.54) is 0 Å². The van der Waals surface area contributed by atoms with Crippen molar-refractivity contribution < 1.29 is 27.8 Å². The molecule has 0 saturated heterocycles. The lowest BCUT2D eigenvalue weighted by Gasteiger charge is -2.46. The van der Waals surface area contributed by atoms with Gasteiger partial charge in [-0.25, -0.2) is 4.39 Å². The summed E-state index contributed by atoms with van der Waals surface area (Å²) in [6.07, 6.45) is -5.59. The zero-order valence-electron chi connectivity index (χ0n) is 17.3. The first-order valence-corrected chi connectivity index (χ1v) is 10.5. The van der Waals surface area contributed by atoms with Crippen molar-refractivity contribution in [3.63, 3.8) is 0 Å². The Morgan fingerprint density at radius 3 is 2.62 bits per heavy atom. The Bertz CT molecular complexity index is 1200. The van der Waals surface area contributed by atoms with Crippen LogP contribution in [0.1, 0.15) is 48.5 Å². The molecule has 3 N–H and O–H groups in total. The Morgan fingerprint density at radius 1 is 1.25 bits per heavy atom. The number of aliphatic hydroxyl groups is 1. The second kappa shape index (κ2) is 7.78. The molecule has 2 aromatic carbocycles. The summed E-state index contributed by atoms with van der Waals surface area (Å²) in [5.41, 5.74) is -1.65. The lowest BCUT2D eigenvalue weighted by Crippen LogP contribution is -2.55. The van der Waals surface area contributed by atoms with Crippen molar-refractivity contribution in [3.8, 4) is 5.75 Å². The van der Waals surface area contributed by atoms with Gasteiger partial charge in [0, 0.05) is 22.3 Å². The Kier molecular flexibility index (Phi) is 5.49. The number of aryl methyl sites for hydroxylation is 1. The van der Waals surface area contributed by atoms with Gasteiger partial charge < -0.3 is 15.5 Å². The Labute approximate surface area is 186 Å². The fraction of sp³-hybridized carbons (Fsp3) is 0.348. The molecule has 0 saturated carbocycles. The van der Waals surface area contributed by atoms with E-state index < -0.39 is 46.7 Å². The Balaban J connectivity index is 1.96. The number of benzene rings is 2. The number of hydrogen-bond donors (Lipinski definition) is 3. The predicted molar refractivity (Wildman–Crippen MR) is 115 cm³/mol. The summed E-state index contributed by atoms with van der Waals surface area (Å²) < 4.78 is 57.1. The third kappa shape index (κ3) is 3.46. The second-order valence-electron chi connectivity index (χ2n) is 8.16. The quantitative estimate of drug-likeness (QED) is 0.390. The lowest BCUT2D eigenvalue weighted by molar-refractivity contribution is -0.272. The molecule has 0 bridgehead atoms. The molecule has 1 aromatic heterocycles. The number of nitrogens with zero attached hydrogens (tertiary/aromatic N) is 1. The zero-order valence-corrected chi connectivity index (χ0v) is 18.0. The average molecular weight is 469 g/mol. The number of hydrogen-bond acceptors (Lipinski definition) is 4. The van der Waals surface area contributed by atoms with Gasteiger partial charge in [0.2, 0.25) is 0 Å². The van der Waals surface area contributed by atoms with E-state index in [1.807, 2.05) is 0 Å². The molecule has 0 aliphatic heterocycles. The molecule has 32 heavy (non-hydrogen) atoms. The molecule has 0 radical (unpaired) electrons. The fourth-order valence-corrected chi connectivity index (χ4v) is 4.74. The number of anilines is 1. The first-order valence-electron chi connectivity index (χ1n) is 10.1. The minimum Gasteiger partial charge on any atom is -0.505 e. The highest BCUT2D eigenvalue weighted by molar-refractivity contribution is 6.31. The van der Waals surface area contributed by atoms with Gasteiger partial charge in [-0.3, -0.25) is 4.98 Å². The number of halogens is 5. The third-order valence-electron chi connectivity index (χ3n) is 6.17. The summed E-state index contributed by atoms with van der Waals surface area (Å²) in [4.78, 5) is 4.39. The molecule has 1 aliphatic carbocycles. The highest BCUT2D eigenvalue weighted by Gasteiger charge is 2.62. The van der Waals surface area contributed by atoms with Crippen LogP contribution in [0.25, 0.3) is 10.9 Å². The highest BCUT2D eigenvalue weighted by Crippen LogP contribution is 2.56. The van der Waals surface area contributed by atoms with Crippen LogP contribution in [-0.4, -0.2) is 27.0 Å². The summed E-state index contributed by atoms with van der Waals surface area (Å²) in [5, 5.41) is 24.3. The number of fused-ring (bicyclic) bond motifs is 2. The summed E-state index contributed by atoms with van der Waals surface area (Å²) in [7, 11) is 0. The molecule has 170 valence electrons. The van der Waals surface area contributed by atoms with Gasteiger partial charge in [0.05, 0.1) is 16.6 Å². The molecular weight excluding hydrogens is 448 g/mol. The van der Waals surface area contributed by atoms with Crippen LogP contribution < -0.4 is 5.32 Å². The van der Waals surface area contributed by atoms with E-state index in [1.54, 1.807) is 44.2 Å². The van der Waals surface area contributed by atoms with Gasteiger partial charge in [-0.15, -0.1) is 0 Å². The molecule has 1 aliphatic rings. The van der Waals surface area contributed by atoms with Gasteiger partial charge in [0.25, 0.3) is 0 Å². The van der Waals surface area contributed by atoms with E-state index in [9.17, 15) is 27.8 Å². The molecule has 1 heterocycles. The number of aromatic hydroxyl groups is 1. The van der Waals surface area contributed by atoms with Crippen molar-refractivity contribution in [2.24, 2.45) is 0 Å². The van der Waals surface area contributed by atoms with E-state index in [0.717, 1.165) is 11.8 Å². The van der Waals surface area contributed by atoms with E-state index in [2.05, 4.69) is 10.3 Å². The topological polar surface area (TPSA) is 65.4 Å². The van der Waals surface area contributed by atoms with Gasteiger partial charge in [-0.1, -0.05) is 24.6 Å². The molecule has 3 atom stereocenters. The molecule has 0 spiro atoms. The molecule has 4 nitrogen and oxygen atoms in total. The van der Waals surface area contributed by atoms with Gasteiger partial charge in [0.15, 0.2) is 17.2 Å². The average Bonchev–Trinajstić information content (AvgIpc) is 2.72. The van der Waals surface area contributed by atoms with E-state index in [-0.39, 0.29) is 17.5 Å². The smallest absolute Gasteiger partial charge is 0.419 e. The van der Waals surface area contributed by atoms with Crippen molar-refractivity contribution in [1.29, 1.82) is 0 Å². The number of pyridine rings is 1. The van der Waals surface area contributed by atoms with Gasteiger partial charge in [0.1, 0.15) is 0 Å². The molecule has 9 heteroatoms. The van der Waals surface area contributed by atoms with Crippen LogP contribution in [0.15, 0.2) is 36.4 Å². The van der Waals surface area contributed by atoms with Crippen molar-refractivity contribution in [2.45, 2.75) is 50.4 Å². The molecule has 0 amide bonds. The number of phenolic OH excluding ortho intramolecular Hbond substituents is 1. The maximum Gasteiger partial charge on any atom is 0.419 e. The van der Waals surface area contributed by atoms with Crippen LogP contribution >= 0.6 is 11.6 Å². The molecule has 4 rings (SSSR count).